The maximum absolute atomic E-state index is 12.4. The van der Waals surface area contributed by atoms with Crippen molar-refractivity contribution in [2.45, 2.75) is 17.9 Å². The maximum Gasteiger partial charge on any atom is 0.244 e. The minimum absolute atomic E-state index is 0.0685. The predicted octanol–water partition coefficient (Wildman–Crippen LogP) is 2.21. The molecule has 0 spiro atoms. The minimum atomic E-state index is -3.82. The molecule has 0 aromatic heterocycles. The van der Waals surface area contributed by atoms with Crippen LogP contribution in [0.25, 0.3) is 0 Å². The average molecular weight is 454 g/mol. The zero-order chi connectivity index (χ0) is 20.0. The molecule has 0 aliphatic rings. The molecule has 0 saturated heterocycles. The van der Waals surface area contributed by atoms with Crippen LogP contribution in [0.4, 0.5) is 5.69 Å². The van der Waals surface area contributed by atoms with Crippen LogP contribution in [0.1, 0.15) is 6.92 Å². The zero-order valence-electron chi connectivity index (χ0n) is 14.8. The molecule has 0 heterocycles. The smallest absolute Gasteiger partial charge is 0.244 e. The van der Waals surface area contributed by atoms with Crippen LogP contribution in [0.3, 0.4) is 0 Å². The largest absolute Gasteiger partial charge is 0.335 e. The monoisotopic (exact) mass is 453 g/mol. The molecule has 0 fully saturated rings. The average Bonchev–Trinajstić information content (AvgIpc) is 2.63. The number of likely N-dealkylation sites (N-methyl/N-ethyl adjacent to an activating group) is 1. The molecular weight excluding hydrogens is 434 g/mol. The van der Waals surface area contributed by atoms with E-state index in [9.17, 15) is 18.0 Å². The first-order valence-electron chi connectivity index (χ1n) is 8.07. The summed E-state index contributed by atoms with van der Waals surface area (Å²) in [5, 5.41) is 2.69. The Morgan fingerprint density at radius 3 is 2.30 bits per heavy atom. The highest BCUT2D eigenvalue weighted by Crippen LogP contribution is 2.21. The number of sulfonamides is 1. The molecule has 9 heteroatoms. The minimum Gasteiger partial charge on any atom is -0.335 e. The lowest BCUT2D eigenvalue weighted by molar-refractivity contribution is -0.134. The summed E-state index contributed by atoms with van der Waals surface area (Å²) in [5.41, 5.74) is 0.584. The number of halogens is 1. The van der Waals surface area contributed by atoms with Gasteiger partial charge in [-0.3, -0.25) is 9.59 Å². The van der Waals surface area contributed by atoms with Gasteiger partial charge in [0.2, 0.25) is 21.8 Å². The molecule has 7 nitrogen and oxygen atoms in total. The summed E-state index contributed by atoms with van der Waals surface area (Å²) in [6.07, 6.45) is 0. The Kier molecular flexibility index (Phi) is 7.11. The Morgan fingerprint density at radius 1 is 1.07 bits per heavy atom. The van der Waals surface area contributed by atoms with E-state index in [2.05, 4.69) is 26.0 Å². The van der Waals surface area contributed by atoms with E-state index in [0.717, 1.165) is 4.47 Å². The fraction of sp³-hybridized carbons (Fsp3) is 0.222. The van der Waals surface area contributed by atoms with E-state index in [1.165, 1.54) is 31.0 Å². The molecular formula is C18H20BrN3O4S. The first-order valence-corrected chi connectivity index (χ1v) is 10.3. The van der Waals surface area contributed by atoms with Gasteiger partial charge in [-0.05, 0) is 47.1 Å². The number of hydrogen-bond donors (Lipinski definition) is 2. The maximum atomic E-state index is 12.4. The van der Waals surface area contributed by atoms with Gasteiger partial charge < -0.3 is 10.2 Å². The van der Waals surface area contributed by atoms with Crippen molar-refractivity contribution in [3.8, 4) is 0 Å². The normalized spacial score (nSPS) is 12.3. The van der Waals surface area contributed by atoms with Crippen molar-refractivity contribution in [2.24, 2.45) is 0 Å². The lowest BCUT2D eigenvalue weighted by Crippen LogP contribution is -2.47. The summed E-state index contributed by atoms with van der Waals surface area (Å²) in [6.45, 7) is 1.22. The summed E-state index contributed by atoms with van der Waals surface area (Å²) >= 11 is 3.33. The van der Waals surface area contributed by atoms with Crippen molar-refractivity contribution < 1.29 is 18.0 Å². The molecule has 0 saturated carbocycles. The number of nitrogens with one attached hydrogen (secondary N) is 2. The van der Waals surface area contributed by atoms with Crippen LogP contribution in [-0.2, 0) is 19.6 Å². The second-order valence-corrected chi connectivity index (χ2v) is 8.45. The van der Waals surface area contributed by atoms with Crippen LogP contribution >= 0.6 is 15.9 Å². The van der Waals surface area contributed by atoms with Gasteiger partial charge in [-0.1, -0.05) is 30.3 Å². The second kappa shape index (κ2) is 9.12. The van der Waals surface area contributed by atoms with Crippen LogP contribution in [0.15, 0.2) is 64.0 Å². The lowest BCUT2D eigenvalue weighted by atomic mass is 10.3. The van der Waals surface area contributed by atoms with Gasteiger partial charge in [0.1, 0.15) is 0 Å². The number of nitrogens with zero attached hydrogens (tertiary/aromatic N) is 1. The van der Waals surface area contributed by atoms with Crippen LogP contribution in [-0.4, -0.2) is 44.8 Å². The SMILES string of the molecule is C[C@H](NS(=O)(=O)c1ccccc1)C(=O)N(C)CC(=O)Nc1ccccc1Br. The molecule has 0 bridgehead atoms. The lowest BCUT2D eigenvalue weighted by Gasteiger charge is -2.21. The van der Waals surface area contributed by atoms with E-state index < -0.39 is 27.9 Å². The van der Waals surface area contributed by atoms with Crippen molar-refractivity contribution in [3.05, 3.63) is 59.1 Å². The highest BCUT2D eigenvalue weighted by molar-refractivity contribution is 9.10. The standard InChI is InChI=1S/C18H20BrN3O4S/c1-13(21-27(25,26)14-8-4-3-5-9-14)18(24)22(2)12-17(23)20-16-11-7-6-10-15(16)19/h3-11,13,21H,12H2,1-2H3,(H,20,23)/t13-/m0/s1. The number of para-hydroxylation sites is 1. The van der Waals surface area contributed by atoms with Crippen LogP contribution < -0.4 is 10.0 Å². The third kappa shape index (κ3) is 5.88. The van der Waals surface area contributed by atoms with Crippen LogP contribution in [0, 0.1) is 0 Å². The number of carbonyl (C=O) groups excluding carboxylic acids is 2. The molecule has 0 aliphatic heterocycles. The summed E-state index contributed by atoms with van der Waals surface area (Å²) in [7, 11) is -2.39. The summed E-state index contributed by atoms with van der Waals surface area (Å²) in [6, 6.07) is 13.8. The molecule has 2 aromatic carbocycles. The van der Waals surface area contributed by atoms with Crippen LogP contribution in [0.5, 0.6) is 0 Å². The molecule has 2 rings (SSSR count). The number of amides is 2. The van der Waals surface area contributed by atoms with Crippen molar-refractivity contribution >= 4 is 43.5 Å². The first-order chi connectivity index (χ1) is 12.7. The molecule has 0 unspecified atom stereocenters. The fourth-order valence-electron chi connectivity index (χ4n) is 2.33. The Morgan fingerprint density at radius 2 is 1.67 bits per heavy atom. The molecule has 144 valence electrons. The second-order valence-electron chi connectivity index (χ2n) is 5.88. The third-order valence-corrected chi connectivity index (χ3v) is 5.91. The van der Waals surface area contributed by atoms with Gasteiger partial charge in [0, 0.05) is 11.5 Å². The van der Waals surface area contributed by atoms with E-state index in [0.29, 0.717) is 5.69 Å². The van der Waals surface area contributed by atoms with Crippen molar-refractivity contribution in [1.29, 1.82) is 0 Å². The highest BCUT2D eigenvalue weighted by atomic mass is 79.9. The Hall–Kier alpha value is -2.23. The van der Waals surface area contributed by atoms with Gasteiger partial charge in [0.05, 0.1) is 23.2 Å². The Bertz CT molecular complexity index is 919. The highest BCUT2D eigenvalue weighted by Gasteiger charge is 2.25. The van der Waals surface area contributed by atoms with E-state index >= 15 is 0 Å². The van der Waals surface area contributed by atoms with Gasteiger partial charge in [-0.15, -0.1) is 0 Å². The molecule has 0 radical (unpaired) electrons. The molecule has 2 amide bonds. The van der Waals surface area contributed by atoms with E-state index in [4.69, 9.17) is 0 Å². The Balaban J connectivity index is 1.96. The fourth-order valence-corrected chi connectivity index (χ4v) is 3.93. The summed E-state index contributed by atoms with van der Waals surface area (Å²) in [5.74, 6) is -0.910. The molecule has 2 aromatic rings. The molecule has 2 N–H and O–H groups in total. The number of anilines is 1. The van der Waals surface area contributed by atoms with Gasteiger partial charge >= 0.3 is 0 Å². The van der Waals surface area contributed by atoms with Crippen molar-refractivity contribution in [1.82, 2.24) is 9.62 Å². The van der Waals surface area contributed by atoms with E-state index in [1.807, 2.05) is 6.07 Å². The molecule has 0 aliphatic carbocycles. The number of benzene rings is 2. The van der Waals surface area contributed by atoms with Gasteiger partial charge in [0.15, 0.2) is 0 Å². The van der Waals surface area contributed by atoms with E-state index in [-0.39, 0.29) is 11.4 Å². The topological polar surface area (TPSA) is 95.6 Å². The van der Waals surface area contributed by atoms with Gasteiger partial charge in [-0.2, -0.15) is 4.72 Å². The quantitative estimate of drug-likeness (QED) is 0.671. The molecule has 1 atom stereocenters. The summed E-state index contributed by atoms with van der Waals surface area (Å²) < 4.78 is 27.7. The predicted molar refractivity (Wildman–Crippen MR) is 107 cm³/mol. The first kappa shape index (κ1) is 21.1. The Labute approximate surface area is 166 Å². The summed E-state index contributed by atoms with van der Waals surface area (Å²) in [4.78, 5) is 25.8. The van der Waals surface area contributed by atoms with Crippen LogP contribution in [0.2, 0.25) is 0 Å². The number of rotatable bonds is 7. The molecule has 27 heavy (non-hydrogen) atoms. The number of carbonyl (C=O) groups is 2. The van der Waals surface area contributed by atoms with Crippen molar-refractivity contribution in [2.75, 3.05) is 18.9 Å². The third-order valence-electron chi connectivity index (χ3n) is 3.66. The van der Waals surface area contributed by atoms with E-state index in [1.54, 1.807) is 36.4 Å². The zero-order valence-corrected chi connectivity index (χ0v) is 17.2. The number of hydrogen-bond acceptors (Lipinski definition) is 4. The van der Waals surface area contributed by atoms with Gasteiger partial charge in [0.25, 0.3) is 0 Å². The van der Waals surface area contributed by atoms with Gasteiger partial charge in [-0.25, -0.2) is 8.42 Å². The van der Waals surface area contributed by atoms with Crippen molar-refractivity contribution in [3.63, 3.8) is 0 Å².